The molecule has 0 bridgehead atoms. The van der Waals surface area contributed by atoms with Crippen LogP contribution in [0, 0.1) is 19.7 Å². The summed E-state index contributed by atoms with van der Waals surface area (Å²) in [7, 11) is 19.3. The van der Waals surface area contributed by atoms with Crippen molar-refractivity contribution in [1.29, 1.82) is 0 Å². The molecule has 16 aromatic rings. The average Bonchev–Trinajstić information content (AvgIpc) is 1.64. The van der Waals surface area contributed by atoms with Crippen LogP contribution in [0.3, 0.4) is 0 Å². The summed E-state index contributed by atoms with van der Waals surface area (Å²) in [5.74, 6) is 3.99. The number of aliphatic imine (C=N–C) groups is 1. The Kier molecular flexibility index (Phi) is 26.8. The van der Waals surface area contributed by atoms with Crippen LogP contribution in [0.4, 0.5) is 50.9 Å². The van der Waals surface area contributed by atoms with Crippen molar-refractivity contribution in [3.05, 3.63) is 215 Å². The van der Waals surface area contributed by atoms with Gasteiger partial charge in [-0.1, -0.05) is 24.3 Å². The van der Waals surface area contributed by atoms with Gasteiger partial charge in [0.15, 0.2) is 0 Å². The lowest BCUT2D eigenvalue weighted by Gasteiger charge is -2.26. The second-order valence-corrected chi connectivity index (χ2v) is 31.1. The fourth-order valence-electron chi connectivity index (χ4n) is 15.2. The SMILES string of the molecule is CNC(=O)c1ccc(Nc2nc(OC)c3c(-c4ccc5c(c4)CN=C5C)c[nH]c3n2)c(OC)c1.COc1cc(-c2c[nH]c3nc(Nc4ccc(C(=O)NC5COC5)cc4OC)nc(OC)c23)ccn1.COc1cc(C(=O)NC2COC2)ccc1Nc1nc(OC)c2c(-c3cn(C)nc3C)c[nH]c2n1.COc1nc(Nc2ccc(C(=O)N(C)C)cc2C)nc2[nH]cc(-c3ccc(F)cc3)c12. The van der Waals surface area contributed by atoms with Gasteiger partial charge >= 0.3 is 0 Å². The summed E-state index contributed by atoms with van der Waals surface area (Å²) in [6, 6.07) is 37.1. The van der Waals surface area contributed by atoms with Gasteiger partial charge in [-0.15, -0.1) is 0 Å². The summed E-state index contributed by atoms with van der Waals surface area (Å²) in [4.78, 5) is 109. The van der Waals surface area contributed by atoms with Crippen molar-refractivity contribution in [2.24, 2.45) is 12.0 Å². The van der Waals surface area contributed by atoms with Gasteiger partial charge in [-0.3, -0.25) is 28.9 Å². The van der Waals surface area contributed by atoms with Crippen molar-refractivity contribution in [3.8, 4) is 91.2 Å². The van der Waals surface area contributed by atoms with E-state index < -0.39 is 0 Å². The molecular weight excluding hydrogens is 1720 g/mol. The third kappa shape index (κ3) is 19.3. The van der Waals surface area contributed by atoms with E-state index in [4.69, 9.17) is 47.4 Å². The van der Waals surface area contributed by atoms with E-state index in [-0.39, 0.29) is 41.5 Å². The Morgan fingerprint density at radius 1 is 0.440 bits per heavy atom. The number of anilines is 8. The first kappa shape index (κ1) is 90.5. The lowest BCUT2D eigenvalue weighted by atomic mass is 9.99. The maximum absolute atomic E-state index is 13.3. The number of aromatic amines is 4. The molecule has 6 aromatic carbocycles. The molecule has 13 heterocycles. The molecule has 39 heteroatoms. The maximum atomic E-state index is 13.3. The Hall–Kier alpha value is -16.8. The van der Waals surface area contributed by atoms with Gasteiger partial charge in [0.25, 0.3) is 23.6 Å². The van der Waals surface area contributed by atoms with Gasteiger partial charge in [-0.25, -0.2) is 9.37 Å². The molecule has 0 atom stereocenters. The number of carbonyl (C=O) groups excluding carboxylic acids is 4. The Bertz CT molecular complexity index is 7160. The normalized spacial score (nSPS) is 12.5. The lowest BCUT2D eigenvalue weighted by Crippen LogP contribution is -2.48. The van der Waals surface area contributed by atoms with Gasteiger partial charge < -0.3 is 109 Å². The van der Waals surface area contributed by atoms with Crippen molar-refractivity contribution >= 4 is 120 Å². The van der Waals surface area contributed by atoms with Crippen LogP contribution in [-0.4, -0.2) is 225 Å². The van der Waals surface area contributed by atoms with E-state index in [2.05, 4.69) is 130 Å². The first-order valence-corrected chi connectivity index (χ1v) is 42.0. The molecule has 0 saturated carbocycles. The highest BCUT2D eigenvalue weighted by atomic mass is 19.1. The van der Waals surface area contributed by atoms with Gasteiger partial charge in [0.05, 0.1) is 146 Å². The smallest absolute Gasteiger partial charge is 0.253 e. The Morgan fingerprint density at radius 2 is 0.851 bits per heavy atom. The Balaban J connectivity index is 0.000000130. The summed E-state index contributed by atoms with van der Waals surface area (Å²) < 4.78 is 69.3. The first-order valence-electron chi connectivity index (χ1n) is 42.0. The zero-order valence-corrected chi connectivity index (χ0v) is 75.7. The van der Waals surface area contributed by atoms with Gasteiger partial charge in [-0.2, -0.15) is 45.0 Å². The van der Waals surface area contributed by atoms with E-state index in [0.717, 1.165) is 83.3 Å². The minimum absolute atomic E-state index is 0.0396. The highest BCUT2D eigenvalue weighted by Crippen LogP contribution is 2.43. The minimum atomic E-state index is -0.299. The number of hydrogen-bond donors (Lipinski definition) is 11. The number of hydrogen-bond acceptors (Lipinski definition) is 29. The molecule has 0 spiro atoms. The van der Waals surface area contributed by atoms with E-state index in [1.54, 1.807) is 161 Å². The topological polar surface area (TPSA) is 457 Å². The number of aromatic nitrogens is 15. The summed E-state index contributed by atoms with van der Waals surface area (Å²) >= 11 is 0. The molecule has 3 aliphatic heterocycles. The van der Waals surface area contributed by atoms with Crippen molar-refractivity contribution in [1.82, 2.24) is 95.4 Å². The number of nitrogens with one attached hydrogen (secondary N) is 11. The summed E-state index contributed by atoms with van der Waals surface area (Å²) in [6.07, 6.45) is 11.0. The number of pyridine rings is 1. The number of methoxy groups -OCH3 is 8. The number of nitrogens with zero attached hydrogens (tertiary/aromatic N) is 13. The monoisotopic (exact) mass is 1810 g/mol. The molecule has 134 heavy (non-hydrogen) atoms. The van der Waals surface area contributed by atoms with E-state index in [1.165, 1.54) is 35.3 Å². The largest absolute Gasteiger partial charge is 0.495 e. The minimum Gasteiger partial charge on any atom is -0.495 e. The van der Waals surface area contributed by atoms with E-state index >= 15 is 0 Å². The van der Waals surface area contributed by atoms with Crippen molar-refractivity contribution < 1.29 is 70.9 Å². The van der Waals surface area contributed by atoms with Crippen LogP contribution < -0.4 is 75.1 Å². The molecule has 4 amide bonds. The molecule has 0 aliphatic carbocycles. The number of H-pyrrole nitrogens is 4. The number of halogens is 1. The van der Waals surface area contributed by atoms with E-state index in [1.807, 2.05) is 76.9 Å². The number of fused-ring (bicyclic) bond motifs is 5. The number of benzene rings is 6. The molecule has 19 rings (SSSR count). The molecule has 2 saturated heterocycles. The lowest BCUT2D eigenvalue weighted by molar-refractivity contribution is -0.00347. The quantitative estimate of drug-likeness (QED) is 0.0240. The number of ether oxygens (including phenoxy) is 10. The Morgan fingerprint density at radius 3 is 1.25 bits per heavy atom. The van der Waals surface area contributed by atoms with Gasteiger partial charge in [0.2, 0.25) is 53.2 Å². The van der Waals surface area contributed by atoms with Crippen LogP contribution in [0.5, 0.6) is 46.6 Å². The predicted octanol–water partition coefficient (Wildman–Crippen LogP) is 14.1. The zero-order chi connectivity index (χ0) is 94.1. The number of carbonyl (C=O) groups is 4. The van der Waals surface area contributed by atoms with Crippen LogP contribution >= 0.6 is 0 Å². The van der Waals surface area contributed by atoms with Crippen molar-refractivity contribution in [2.45, 2.75) is 39.4 Å². The van der Waals surface area contributed by atoms with Gasteiger partial charge in [-0.05, 0) is 146 Å². The first-order chi connectivity index (χ1) is 64.9. The highest BCUT2D eigenvalue weighted by molar-refractivity contribution is 6.06. The van der Waals surface area contributed by atoms with Crippen LogP contribution in [0.15, 0.2) is 170 Å². The van der Waals surface area contributed by atoms with Crippen LogP contribution in [0.2, 0.25) is 0 Å². The molecule has 10 aromatic heterocycles. The summed E-state index contributed by atoms with van der Waals surface area (Å²) in [6.45, 7) is 8.71. The van der Waals surface area contributed by atoms with Crippen LogP contribution in [0.25, 0.3) is 88.6 Å². The predicted molar refractivity (Wildman–Crippen MR) is 504 cm³/mol. The summed E-state index contributed by atoms with van der Waals surface area (Å²) in [5, 5.41) is 28.6. The molecular formula is C95H95FN24O14. The molecule has 38 nitrogen and oxygen atoms in total. The highest BCUT2D eigenvalue weighted by Gasteiger charge is 2.28. The van der Waals surface area contributed by atoms with Crippen LogP contribution in [0.1, 0.15) is 70.7 Å². The molecule has 11 N–H and O–H groups in total. The van der Waals surface area contributed by atoms with Crippen molar-refractivity contribution in [3.63, 3.8) is 0 Å². The van der Waals surface area contributed by atoms with Crippen LogP contribution in [-0.2, 0) is 23.1 Å². The zero-order valence-electron chi connectivity index (χ0n) is 75.7. The standard InChI is InChI=1S/C25H24N6O3.C24H24N6O5.C23H22FN5O2.C23H25N7O4/c1-13-17-7-5-14(9-16(17)11-27-13)18-12-28-22-21(18)24(34-4)31-25(30-22)29-19-8-6-15(23(32)26-2)10-20(19)33-3;1-32-18-8-14(22(31)27-15-11-35-12-15)4-5-17(18)28-24-29-21-20(23(30-24)34-3)16(10-26-21)13-6-7-25-19(9-13)33-2;1-13-11-15(22(30)29(2)3)7-10-18(13)26-23-27-20-19(21(28-23)31-4)17(12-25-20)14-5-8-16(24)9-6-14;1-12-16(9-30(2)29-12)15-8-24-20-19(15)22(33-4)28-23(27-20)26-17-6-5-13(7-18(17)32-3)21(31)25-14-10-34-11-14/h5-10,12H,11H2,1-4H3,(H,26,32)(H2,28,29,30,31);4-10,15H,11-12H2,1-3H3,(H,27,31)(H2,26,28,29,30);5-12H,1-4H3,(H2,25,26,27,28);5-9,14H,10-11H2,1-4H3,(H,25,31)(H2,24,26,27,28). The van der Waals surface area contributed by atoms with E-state index in [9.17, 15) is 23.6 Å². The molecule has 0 unspecified atom stereocenters. The van der Waals surface area contributed by atoms with Crippen molar-refractivity contribution in [2.75, 3.05) is 126 Å². The Labute approximate surface area is 766 Å². The fourth-order valence-corrected chi connectivity index (χ4v) is 15.2. The molecule has 686 valence electrons. The summed E-state index contributed by atoms with van der Waals surface area (Å²) in [5.41, 5.74) is 19.6. The van der Waals surface area contributed by atoms with E-state index in [0.29, 0.717) is 171 Å². The number of aryl methyl sites for hydroxylation is 3. The molecule has 0 radical (unpaired) electrons. The molecule has 2 fully saturated rings. The second-order valence-electron chi connectivity index (χ2n) is 31.1. The third-order valence-electron chi connectivity index (χ3n) is 22.2. The van der Waals surface area contributed by atoms with Gasteiger partial charge in [0.1, 0.15) is 45.7 Å². The third-order valence-corrected chi connectivity index (χ3v) is 22.2. The maximum Gasteiger partial charge on any atom is 0.253 e. The van der Waals surface area contributed by atoms with Gasteiger partial charge in [0, 0.05) is 138 Å². The fraction of sp³-hybridized carbons (Fsp3) is 0.232. The average molecular weight is 1820 g/mol. The number of rotatable bonds is 26. The molecule has 3 aliphatic rings. The second kappa shape index (κ2) is 39.6. The number of amides is 4.